The first-order valence-electron chi connectivity index (χ1n) is 6.97. The van der Waals surface area contributed by atoms with Crippen LogP contribution < -0.4 is 15.4 Å². The Bertz CT molecular complexity index is 542. The summed E-state index contributed by atoms with van der Waals surface area (Å²) < 4.78 is 5.18. The van der Waals surface area contributed by atoms with Crippen molar-refractivity contribution in [2.75, 3.05) is 25.6 Å². The monoisotopic (exact) mass is 286 g/mol. The molecule has 4 nitrogen and oxygen atoms in total. The van der Waals surface area contributed by atoms with Gasteiger partial charge in [-0.3, -0.25) is 0 Å². The number of anilines is 1. The summed E-state index contributed by atoms with van der Waals surface area (Å²) in [5, 5.41) is 10.3. The largest absolute Gasteiger partial charge is 0.497 e. The fraction of sp³-hybridized carbons (Fsp3) is 0.294. The average molecular weight is 286 g/mol. The van der Waals surface area contributed by atoms with E-state index in [1.165, 1.54) is 0 Å². The standard InChI is InChI=1S/C17H22N2O2/c1-19(14-6-4-3-5-7-14)17(16(20)12-18)13-8-10-15(21-2)11-9-13/h3-11,16-17,20H,12,18H2,1-2H3. The maximum absolute atomic E-state index is 10.3. The van der Waals surface area contributed by atoms with Crippen LogP contribution in [0, 0.1) is 0 Å². The summed E-state index contributed by atoms with van der Waals surface area (Å²) in [6.07, 6.45) is -0.649. The zero-order chi connectivity index (χ0) is 15.2. The van der Waals surface area contributed by atoms with Gasteiger partial charge >= 0.3 is 0 Å². The molecule has 0 saturated heterocycles. The van der Waals surface area contributed by atoms with Crippen LogP contribution in [0.5, 0.6) is 5.75 Å². The topological polar surface area (TPSA) is 58.7 Å². The van der Waals surface area contributed by atoms with Crippen molar-refractivity contribution >= 4 is 5.69 Å². The maximum Gasteiger partial charge on any atom is 0.118 e. The van der Waals surface area contributed by atoms with Crippen LogP contribution in [0.25, 0.3) is 0 Å². The number of nitrogens with two attached hydrogens (primary N) is 1. The van der Waals surface area contributed by atoms with Crippen LogP contribution in [0.15, 0.2) is 54.6 Å². The van der Waals surface area contributed by atoms with Crippen molar-refractivity contribution in [3.8, 4) is 5.75 Å². The number of likely N-dealkylation sites (N-methyl/N-ethyl adjacent to an activating group) is 1. The minimum atomic E-state index is -0.649. The summed E-state index contributed by atoms with van der Waals surface area (Å²) in [6, 6.07) is 17.5. The second-order valence-corrected chi connectivity index (χ2v) is 4.97. The van der Waals surface area contributed by atoms with Gasteiger partial charge in [0.2, 0.25) is 0 Å². The van der Waals surface area contributed by atoms with Gasteiger partial charge in [0.05, 0.1) is 19.3 Å². The number of methoxy groups -OCH3 is 1. The van der Waals surface area contributed by atoms with Gasteiger partial charge in [-0.15, -0.1) is 0 Å². The number of aliphatic hydroxyl groups excluding tert-OH is 1. The summed E-state index contributed by atoms with van der Waals surface area (Å²) in [5.74, 6) is 0.794. The van der Waals surface area contributed by atoms with E-state index >= 15 is 0 Å². The van der Waals surface area contributed by atoms with Crippen molar-refractivity contribution in [3.63, 3.8) is 0 Å². The van der Waals surface area contributed by atoms with Crippen molar-refractivity contribution in [1.29, 1.82) is 0 Å². The van der Waals surface area contributed by atoms with E-state index in [0.717, 1.165) is 17.0 Å². The van der Waals surface area contributed by atoms with E-state index in [-0.39, 0.29) is 12.6 Å². The molecule has 0 bridgehead atoms. The third-order valence-electron chi connectivity index (χ3n) is 3.64. The molecule has 2 unspecified atom stereocenters. The fourth-order valence-corrected chi connectivity index (χ4v) is 2.46. The van der Waals surface area contributed by atoms with Crippen LogP contribution in [0.3, 0.4) is 0 Å². The Labute approximate surface area is 125 Å². The molecule has 0 saturated carbocycles. The lowest BCUT2D eigenvalue weighted by Crippen LogP contribution is -2.38. The van der Waals surface area contributed by atoms with Gasteiger partial charge < -0.3 is 20.5 Å². The number of rotatable bonds is 6. The minimum Gasteiger partial charge on any atom is -0.497 e. The van der Waals surface area contributed by atoms with E-state index < -0.39 is 6.10 Å². The lowest BCUT2D eigenvalue weighted by molar-refractivity contribution is 0.150. The Morgan fingerprint density at radius 3 is 2.24 bits per heavy atom. The van der Waals surface area contributed by atoms with Gasteiger partial charge in [0.1, 0.15) is 5.75 Å². The quantitative estimate of drug-likeness (QED) is 0.854. The number of para-hydroxylation sites is 1. The smallest absolute Gasteiger partial charge is 0.118 e. The highest BCUT2D eigenvalue weighted by molar-refractivity contribution is 5.48. The van der Waals surface area contributed by atoms with Gasteiger partial charge in [-0.25, -0.2) is 0 Å². The predicted molar refractivity (Wildman–Crippen MR) is 85.6 cm³/mol. The lowest BCUT2D eigenvalue weighted by Gasteiger charge is -2.33. The molecular formula is C17H22N2O2. The van der Waals surface area contributed by atoms with E-state index in [1.807, 2.05) is 66.5 Å². The summed E-state index contributed by atoms with van der Waals surface area (Å²) in [7, 11) is 3.60. The molecule has 4 heteroatoms. The van der Waals surface area contributed by atoms with Crippen LogP contribution in [0.1, 0.15) is 11.6 Å². The Morgan fingerprint density at radius 1 is 1.10 bits per heavy atom. The lowest BCUT2D eigenvalue weighted by atomic mass is 9.99. The zero-order valence-corrected chi connectivity index (χ0v) is 12.4. The van der Waals surface area contributed by atoms with Crippen molar-refractivity contribution < 1.29 is 9.84 Å². The van der Waals surface area contributed by atoms with E-state index in [2.05, 4.69) is 0 Å². The van der Waals surface area contributed by atoms with E-state index in [0.29, 0.717) is 0 Å². The molecule has 0 fully saturated rings. The predicted octanol–water partition coefficient (Wildman–Crippen LogP) is 2.19. The first-order valence-corrected chi connectivity index (χ1v) is 6.97. The molecule has 0 aliphatic heterocycles. The number of ether oxygens (including phenoxy) is 1. The van der Waals surface area contributed by atoms with E-state index in [1.54, 1.807) is 7.11 Å². The van der Waals surface area contributed by atoms with Gasteiger partial charge in [0.25, 0.3) is 0 Å². The molecule has 112 valence electrons. The number of aliphatic hydroxyl groups is 1. The van der Waals surface area contributed by atoms with Crippen molar-refractivity contribution in [2.24, 2.45) is 5.73 Å². The van der Waals surface area contributed by atoms with Gasteiger partial charge in [0, 0.05) is 19.3 Å². The van der Waals surface area contributed by atoms with Crippen LogP contribution in [0.2, 0.25) is 0 Å². The van der Waals surface area contributed by atoms with Crippen molar-refractivity contribution in [2.45, 2.75) is 12.1 Å². The molecule has 3 N–H and O–H groups in total. The SMILES string of the molecule is COc1ccc(C(C(O)CN)N(C)c2ccccc2)cc1. The molecule has 2 rings (SSSR count). The zero-order valence-electron chi connectivity index (χ0n) is 12.4. The highest BCUT2D eigenvalue weighted by atomic mass is 16.5. The summed E-state index contributed by atoms with van der Waals surface area (Å²) in [6.45, 7) is 0.202. The number of benzene rings is 2. The summed E-state index contributed by atoms with van der Waals surface area (Å²) in [4.78, 5) is 2.04. The van der Waals surface area contributed by atoms with Crippen LogP contribution in [0.4, 0.5) is 5.69 Å². The fourth-order valence-electron chi connectivity index (χ4n) is 2.46. The van der Waals surface area contributed by atoms with Crippen LogP contribution in [-0.2, 0) is 0 Å². The third-order valence-corrected chi connectivity index (χ3v) is 3.64. The van der Waals surface area contributed by atoms with Crippen LogP contribution in [-0.4, -0.2) is 31.9 Å². The molecule has 0 aliphatic rings. The van der Waals surface area contributed by atoms with Crippen molar-refractivity contribution in [1.82, 2.24) is 0 Å². The molecule has 0 aromatic heterocycles. The van der Waals surface area contributed by atoms with Gasteiger partial charge in [-0.1, -0.05) is 30.3 Å². The normalized spacial score (nSPS) is 13.5. The number of nitrogens with zero attached hydrogens (tertiary/aromatic N) is 1. The summed E-state index contributed by atoms with van der Waals surface area (Å²) in [5.41, 5.74) is 7.71. The van der Waals surface area contributed by atoms with Crippen molar-refractivity contribution in [3.05, 3.63) is 60.2 Å². The summed E-state index contributed by atoms with van der Waals surface area (Å²) >= 11 is 0. The Kier molecular flexibility index (Phi) is 5.20. The molecule has 0 radical (unpaired) electrons. The molecule has 21 heavy (non-hydrogen) atoms. The first-order chi connectivity index (χ1) is 10.2. The highest BCUT2D eigenvalue weighted by Gasteiger charge is 2.24. The van der Waals surface area contributed by atoms with Gasteiger partial charge in [-0.2, -0.15) is 0 Å². The molecule has 2 atom stereocenters. The maximum atomic E-state index is 10.3. The van der Waals surface area contributed by atoms with E-state index in [4.69, 9.17) is 10.5 Å². The van der Waals surface area contributed by atoms with Gasteiger partial charge in [0.15, 0.2) is 0 Å². The second-order valence-electron chi connectivity index (χ2n) is 4.97. The number of hydrogen-bond acceptors (Lipinski definition) is 4. The molecule has 2 aromatic rings. The first kappa shape index (κ1) is 15.4. The second kappa shape index (κ2) is 7.11. The molecule has 0 amide bonds. The number of hydrogen-bond donors (Lipinski definition) is 2. The molecule has 0 heterocycles. The highest BCUT2D eigenvalue weighted by Crippen LogP contribution is 2.29. The Balaban J connectivity index is 2.33. The van der Waals surface area contributed by atoms with Gasteiger partial charge in [-0.05, 0) is 29.8 Å². The van der Waals surface area contributed by atoms with Crippen LogP contribution >= 0.6 is 0 Å². The average Bonchev–Trinajstić information content (AvgIpc) is 2.56. The molecule has 0 spiro atoms. The third kappa shape index (κ3) is 3.54. The molecular weight excluding hydrogens is 264 g/mol. The Morgan fingerprint density at radius 2 is 1.71 bits per heavy atom. The minimum absolute atomic E-state index is 0.202. The molecule has 0 aliphatic carbocycles. The Hall–Kier alpha value is -2.04. The van der Waals surface area contributed by atoms with E-state index in [9.17, 15) is 5.11 Å². The molecule has 2 aromatic carbocycles.